The predicted octanol–water partition coefficient (Wildman–Crippen LogP) is -1.46. The Morgan fingerprint density at radius 2 is 2.22 bits per heavy atom. The van der Waals surface area contributed by atoms with Gasteiger partial charge in [-0.2, -0.15) is 0 Å². The number of fused-ring (bicyclic) bond motifs is 1. The molecule has 0 saturated carbocycles. The lowest BCUT2D eigenvalue weighted by Crippen LogP contribution is -2.71. The molecule has 3 aromatic heterocycles. The van der Waals surface area contributed by atoms with Gasteiger partial charge in [-0.15, -0.1) is 22.0 Å². The van der Waals surface area contributed by atoms with Crippen LogP contribution >= 0.6 is 23.5 Å². The van der Waals surface area contributed by atoms with Crippen LogP contribution in [0.1, 0.15) is 11.6 Å². The summed E-state index contributed by atoms with van der Waals surface area (Å²) in [6, 6.07) is 1.93. The van der Waals surface area contributed by atoms with Crippen molar-refractivity contribution in [2.24, 2.45) is 5.16 Å². The molecule has 5 rings (SSSR count). The normalized spacial score (nSPS) is 19.7. The van der Waals surface area contributed by atoms with Gasteiger partial charge >= 0.3 is 5.97 Å². The number of carbonyl (C=O) groups excluding carboxylic acids is 2. The summed E-state index contributed by atoms with van der Waals surface area (Å²) in [5.74, 6) is -1.75. The summed E-state index contributed by atoms with van der Waals surface area (Å²) in [4.78, 5) is 38.6. The van der Waals surface area contributed by atoms with Crippen molar-refractivity contribution in [1.29, 1.82) is 0 Å². The van der Waals surface area contributed by atoms with Crippen LogP contribution in [-0.4, -0.2) is 102 Å². The van der Waals surface area contributed by atoms with Gasteiger partial charge in [-0.05, 0) is 38.6 Å². The number of nitrogens with zero attached hydrogens (tertiary/aromatic N) is 9. The fourth-order valence-corrected chi connectivity index (χ4v) is 5.92. The molecule has 3 aromatic rings. The molecule has 4 N–H and O–H groups in total. The molecule has 2 aliphatic rings. The molecule has 2 amide bonds. The topological polar surface area (TPSA) is 230 Å². The molecular formula is C17H15N11O6S2. The van der Waals surface area contributed by atoms with E-state index < -0.39 is 34.9 Å². The Hall–Kier alpha value is -4.26. The standard InChI is InChI=1S/C17H15N11O6S2/c29-13(10(22-33)8-2-1-3-34-8)18-11-14(30)28-12(16(31)32)7(5-35-15(11)28)6-36-17-21-25-26-27(17)4-9-19-23-24-20-9/h1-3,11,15,33H,4-6H2,(H,18,29)(H,31,32)(H,19,20,23,24)/t11-,15+/m1/s1. The SMILES string of the molecule is O=C(O)C1=C(CSc2nnnn2Cc2nnn[nH]2)CS[C@H]2[C@H](NC(=O)C(=NO)c3ccco3)C(=O)N12. The molecule has 2 atom stereocenters. The summed E-state index contributed by atoms with van der Waals surface area (Å²) < 4.78 is 6.52. The predicted molar refractivity (Wildman–Crippen MR) is 119 cm³/mol. The minimum Gasteiger partial charge on any atom is -0.477 e. The van der Waals surface area contributed by atoms with E-state index in [1.54, 1.807) is 0 Å². The van der Waals surface area contributed by atoms with Crippen LogP contribution in [0.3, 0.4) is 0 Å². The van der Waals surface area contributed by atoms with Crippen LogP contribution in [0.4, 0.5) is 0 Å². The van der Waals surface area contributed by atoms with E-state index in [1.807, 2.05) is 0 Å². The van der Waals surface area contributed by atoms with Crippen LogP contribution in [0, 0.1) is 0 Å². The number of furan rings is 1. The summed E-state index contributed by atoms with van der Waals surface area (Å²) in [5, 5.41) is 49.1. The summed E-state index contributed by atoms with van der Waals surface area (Å²) in [6.45, 7) is 0.188. The second kappa shape index (κ2) is 9.77. The van der Waals surface area contributed by atoms with Gasteiger partial charge in [0.2, 0.25) is 10.9 Å². The molecule has 0 spiro atoms. The van der Waals surface area contributed by atoms with E-state index in [0.29, 0.717) is 22.3 Å². The number of nitrogens with one attached hydrogen (secondary N) is 2. The van der Waals surface area contributed by atoms with Crippen molar-refractivity contribution < 1.29 is 29.1 Å². The monoisotopic (exact) mass is 533 g/mol. The number of rotatable bonds is 9. The Bertz CT molecular complexity index is 1350. The summed E-state index contributed by atoms with van der Waals surface area (Å²) in [7, 11) is 0. The first-order valence-corrected chi connectivity index (χ1v) is 12.1. The number of tetrazole rings is 2. The van der Waals surface area contributed by atoms with Gasteiger partial charge in [0.15, 0.2) is 11.6 Å². The second-order valence-electron chi connectivity index (χ2n) is 7.30. The third kappa shape index (κ3) is 4.28. The number of aromatic amines is 1. The third-order valence-electron chi connectivity index (χ3n) is 5.17. The van der Waals surface area contributed by atoms with Crippen LogP contribution in [0.2, 0.25) is 0 Å². The van der Waals surface area contributed by atoms with Gasteiger partial charge < -0.3 is 20.0 Å². The lowest BCUT2D eigenvalue weighted by molar-refractivity contribution is -0.150. The zero-order valence-corrected chi connectivity index (χ0v) is 19.5. The minimum atomic E-state index is -1.27. The Balaban J connectivity index is 1.28. The lowest BCUT2D eigenvalue weighted by atomic mass is 10.0. The molecule has 1 fully saturated rings. The zero-order chi connectivity index (χ0) is 25.2. The number of oxime groups is 1. The number of H-pyrrole nitrogens is 1. The number of carbonyl (C=O) groups is 3. The highest BCUT2D eigenvalue weighted by atomic mass is 32.2. The van der Waals surface area contributed by atoms with Gasteiger partial charge in [-0.25, -0.2) is 14.6 Å². The number of aliphatic carboxylic acids is 1. The number of hydrogen-bond donors (Lipinski definition) is 4. The van der Waals surface area contributed by atoms with Crippen molar-refractivity contribution >= 4 is 47.0 Å². The molecule has 36 heavy (non-hydrogen) atoms. The van der Waals surface area contributed by atoms with E-state index in [2.05, 4.69) is 46.6 Å². The molecule has 19 heteroatoms. The van der Waals surface area contributed by atoms with Gasteiger partial charge in [0.05, 0.1) is 6.26 Å². The van der Waals surface area contributed by atoms with Crippen molar-refractivity contribution in [2.75, 3.05) is 11.5 Å². The van der Waals surface area contributed by atoms with Crippen molar-refractivity contribution in [2.45, 2.75) is 23.1 Å². The van der Waals surface area contributed by atoms with Crippen LogP contribution < -0.4 is 5.32 Å². The van der Waals surface area contributed by atoms with Gasteiger partial charge in [0.25, 0.3) is 11.8 Å². The number of amides is 2. The van der Waals surface area contributed by atoms with Gasteiger partial charge in [0, 0.05) is 11.5 Å². The largest absolute Gasteiger partial charge is 0.477 e. The summed E-state index contributed by atoms with van der Waals surface area (Å²) >= 11 is 2.49. The number of thioether (sulfide) groups is 2. The van der Waals surface area contributed by atoms with Crippen LogP contribution in [0.25, 0.3) is 0 Å². The summed E-state index contributed by atoms with van der Waals surface area (Å²) in [6.07, 6.45) is 1.30. The van der Waals surface area contributed by atoms with Crippen molar-refractivity contribution in [3.05, 3.63) is 41.3 Å². The number of carboxylic acids is 1. The quantitative estimate of drug-likeness (QED) is 0.0809. The average Bonchev–Trinajstić information content (AvgIpc) is 3.65. The third-order valence-corrected chi connectivity index (χ3v) is 7.55. The molecular weight excluding hydrogens is 518 g/mol. The highest BCUT2D eigenvalue weighted by Crippen LogP contribution is 2.41. The van der Waals surface area contributed by atoms with Gasteiger partial charge in [0.1, 0.15) is 23.7 Å². The van der Waals surface area contributed by atoms with E-state index in [0.717, 1.165) is 4.90 Å². The maximum Gasteiger partial charge on any atom is 0.352 e. The van der Waals surface area contributed by atoms with E-state index in [1.165, 1.54) is 46.6 Å². The van der Waals surface area contributed by atoms with Crippen LogP contribution in [0.5, 0.6) is 0 Å². The highest BCUT2D eigenvalue weighted by molar-refractivity contribution is 8.01. The lowest BCUT2D eigenvalue weighted by Gasteiger charge is -2.49. The number of hydrogen-bond acceptors (Lipinski definition) is 14. The molecule has 0 aromatic carbocycles. The van der Waals surface area contributed by atoms with Crippen molar-refractivity contribution in [3.8, 4) is 0 Å². The van der Waals surface area contributed by atoms with Crippen LogP contribution in [-0.2, 0) is 20.9 Å². The first-order chi connectivity index (χ1) is 17.5. The molecule has 186 valence electrons. The molecule has 17 nitrogen and oxygen atoms in total. The van der Waals surface area contributed by atoms with Gasteiger partial charge in [-0.1, -0.05) is 16.9 Å². The fraction of sp³-hybridized carbons (Fsp3) is 0.294. The molecule has 0 radical (unpaired) electrons. The Kier molecular flexibility index (Phi) is 6.38. The number of aromatic nitrogens is 8. The maximum atomic E-state index is 12.9. The minimum absolute atomic E-state index is 0.0160. The van der Waals surface area contributed by atoms with Crippen molar-refractivity contribution in [1.82, 2.24) is 51.0 Å². The van der Waals surface area contributed by atoms with Crippen molar-refractivity contribution in [3.63, 3.8) is 0 Å². The van der Waals surface area contributed by atoms with E-state index in [-0.39, 0.29) is 23.8 Å². The Labute approximate surface area is 208 Å². The molecule has 5 heterocycles. The van der Waals surface area contributed by atoms with E-state index in [4.69, 9.17) is 4.42 Å². The molecule has 0 bridgehead atoms. The first kappa shape index (κ1) is 23.5. The van der Waals surface area contributed by atoms with E-state index >= 15 is 0 Å². The highest BCUT2D eigenvalue weighted by Gasteiger charge is 2.54. The molecule has 2 aliphatic heterocycles. The smallest absolute Gasteiger partial charge is 0.352 e. The molecule has 0 aliphatic carbocycles. The maximum absolute atomic E-state index is 12.9. The fourth-order valence-electron chi connectivity index (χ4n) is 3.56. The number of β-lactam (4-membered cyclic amide) rings is 1. The Morgan fingerprint density at radius 1 is 1.36 bits per heavy atom. The average molecular weight is 534 g/mol. The molecule has 0 unspecified atom stereocenters. The number of carboxylic acid groups (broad SMARTS) is 1. The van der Waals surface area contributed by atoms with Crippen LogP contribution in [0.15, 0.2) is 44.4 Å². The zero-order valence-electron chi connectivity index (χ0n) is 17.9. The van der Waals surface area contributed by atoms with Gasteiger partial charge in [-0.3, -0.25) is 14.5 Å². The second-order valence-corrected chi connectivity index (χ2v) is 9.35. The Morgan fingerprint density at radius 3 is 2.92 bits per heavy atom. The first-order valence-electron chi connectivity index (χ1n) is 10.1. The molecule has 1 saturated heterocycles. The summed E-state index contributed by atoms with van der Waals surface area (Å²) in [5.41, 5.74) is -0.0600. The van der Waals surface area contributed by atoms with E-state index in [9.17, 15) is 24.7 Å².